The van der Waals surface area contributed by atoms with Gasteiger partial charge in [-0.25, -0.2) is 0 Å². The molecule has 0 bridgehead atoms. The van der Waals surface area contributed by atoms with Crippen molar-refractivity contribution in [3.63, 3.8) is 0 Å². The normalized spacial score (nSPS) is 10.0. The van der Waals surface area contributed by atoms with Crippen LogP contribution in [-0.4, -0.2) is 19.7 Å². The minimum Gasteiger partial charge on any atom is -0.491 e. The van der Waals surface area contributed by atoms with E-state index >= 15 is 0 Å². The van der Waals surface area contributed by atoms with Gasteiger partial charge in [-0.1, -0.05) is 35.3 Å². The fourth-order valence-corrected chi connectivity index (χ4v) is 1.38. The molecule has 0 atom stereocenters. The molecule has 82 valence electrons. The largest absolute Gasteiger partial charge is 0.491 e. The summed E-state index contributed by atoms with van der Waals surface area (Å²) in [5, 5.41) is 4.09. The first kappa shape index (κ1) is 12.4. The summed E-state index contributed by atoms with van der Waals surface area (Å²) in [6.45, 7) is 5.67. The molecule has 0 fully saturated rings. The molecule has 0 radical (unpaired) electrons. The van der Waals surface area contributed by atoms with E-state index in [2.05, 4.69) is 11.9 Å². The second-order valence-corrected chi connectivity index (χ2v) is 3.68. The van der Waals surface area contributed by atoms with E-state index in [0.29, 0.717) is 22.4 Å². The van der Waals surface area contributed by atoms with E-state index in [-0.39, 0.29) is 0 Å². The van der Waals surface area contributed by atoms with Crippen LogP contribution >= 0.6 is 23.2 Å². The second kappa shape index (κ2) is 6.72. The minimum atomic E-state index is 0.461. The lowest BCUT2D eigenvalue weighted by Crippen LogP contribution is -2.20. The molecule has 0 saturated heterocycles. The zero-order valence-electron chi connectivity index (χ0n) is 8.30. The van der Waals surface area contributed by atoms with Gasteiger partial charge >= 0.3 is 0 Å². The van der Waals surface area contributed by atoms with Crippen molar-refractivity contribution in [3.05, 3.63) is 40.9 Å². The van der Waals surface area contributed by atoms with Gasteiger partial charge in [0.25, 0.3) is 0 Å². The number of hydrogen-bond acceptors (Lipinski definition) is 2. The van der Waals surface area contributed by atoms with Crippen LogP contribution in [0.2, 0.25) is 10.0 Å². The van der Waals surface area contributed by atoms with Gasteiger partial charge < -0.3 is 10.1 Å². The molecule has 2 nitrogen and oxygen atoms in total. The number of halogens is 2. The van der Waals surface area contributed by atoms with Gasteiger partial charge in [-0.2, -0.15) is 0 Å². The van der Waals surface area contributed by atoms with Crippen molar-refractivity contribution in [1.82, 2.24) is 5.32 Å². The van der Waals surface area contributed by atoms with E-state index in [1.54, 1.807) is 24.3 Å². The van der Waals surface area contributed by atoms with E-state index in [1.807, 2.05) is 0 Å². The van der Waals surface area contributed by atoms with Gasteiger partial charge in [-0.05, 0) is 12.1 Å². The molecule has 1 aromatic rings. The van der Waals surface area contributed by atoms with Crippen molar-refractivity contribution in [3.8, 4) is 5.75 Å². The Hall–Kier alpha value is -0.700. The Morgan fingerprint density at radius 2 is 2.20 bits per heavy atom. The standard InChI is InChI=1S/C11H13Cl2NO/c1-2-6-14-7-8-15-10-5-3-4-9(12)11(10)13/h2-5,14H,1,6-8H2. The zero-order chi connectivity index (χ0) is 11.1. The molecule has 4 heteroatoms. The highest BCUT2D eigenvalue weighted by molar-refractivity contribution is 6.42. The highest BCUT2D eigenvalue weighted by Crippen LogP contribution is 2.31. The number of hydrogen-bond donors (Lipinski definition) is 1. The predicted octanol–water partition coefficient (Wildman–Crippen LogP) is 3.15. The quantitative estimate of drug-likeness (QED) is 0.615. The Morgan fingerprint density at radius 3 is 2.93 bits per heavy atom. The minimum absolute atomic E-state index is 0.461. The zero-order valence-corrected chi connectivity index (χ0v) is 9.81. The Balaban J connectivity index is 2.37. The SMILES string of the molecule is C=CCNCCOc1cccc(Cl)c1Cl. The van der Waals surface area contributed by atoms with Crippen molar-refractivity contribution < 1.29 is 4.74 Å². The van der Waals surface area contributed by atoms with E-state index in [4.69, 9.17) is 27.9 Å². The number of benzene rings is 1. The highest BCUT2D eigenvalue weighted by Gasteiger charge is 2.04. The highest BCUT2D eigenvalue weighted by atomic mass is 35.5. The van der Waals surface area contributed by atoms with Gasteiger partial charge in [0.15, 0.2) is 0 Å². The fourth-order valence-electron chi connectivity index (χ4n) is 1.03. The Morgan fingerprint density at radius 1 is 1.40 bits per heavy atom. The molecule has 0 spiro atoms. The first-order valence-electron chi connectivity index (χ1n) is 4.64. The van der Waals surface area contributed by atoms with Crippen molar-refractivity contribution in [2.75, 3.05) is 19.7 Å². The van der Waals surface area contributed by atoms with Crippen molar-refractivity contribution in [2.24, 2.45) is 0 Å². The molecular formula is C11H13Cl2NO. The molecule has 15 heavy (non-hydrogen) atoms. The molecule has 0 amide bonds. The van der Waals surface area contributed by atoms with E-state index in [0.717, 1.165) is 13.1 Å². The van der Waals surface area contributed by atoms with Crippen LogP contribution in [0.15, 0.2) is 30.9 Å². The molecule has 1 rings (SSSR count). The van der Waals surface area contributed by atoms with E-state index in [1.165, 1.54) is 0 Å². The van der Waals surface area contributed by atoms with Gasteiger partial charge in [-0.15, -0.1) is 6.58 Å². The van der Waals surface area contributed by atoms with Crippen LogP contribution in [0, 0.1) is 0 Å². The fraction of sp³-hybridized carbons (Fsp3) is 0.273. The van der Waals surface area contributed by atoms with Crippen LogP contribution in [-0.2, 0) is 0 Å². The summed E-state index contributed by atoms with van der Waals surface area (Å²) in [6, 6.07) is 5.33. The lowest BCUT2D eigenvalue weighted by Gasteiger charge is -2.08. The van der Waals surface area contributed by atoms with Gasteiger partial charge in [0, 0.05) is 13.1 Å². The summed E-state index contributed by atoms with van der Waals surface area (Å²) in [4.78, 5) is 0. The summed E-state index contributed by atoms with van der Waals surface area (Å²) in [5.74, 6) is 0.615. The molecule has 0 unspecified atom stereocenters. The van der Waals surface area contributed by atoms with Crippen LogP contribution in [0.5, 0.6) is 5.75 Å². The molecule has 0 heterocycles. The average molecular weight is 246 g/mol. The van der Waals surface area contributed by atoms with E-state index in [9.17, 15) is 0 Å². The molecule has 1 N–H and O–H groups in total. The van der Waals surface area contributed by atoms with Crippen LogP contribution in [0.3, 0.4) is 0 Å². The summed E-state index contributed by atoms with van der Waals surface area (Å²) in [7, 11) is 0. The van der Waals surface area contributed by atoms with Crippen molar-refractivity contribution in [2.45, 2.75) is 0 Å². The molecule has 0 aliphatic carbocycles. The maximum atomic E-state index is 5.94. The first-order valence-corrected chi connectivity index (χ1v) is 5.39. The Bertz CT molecular complexity index is 328. The summed E-state index contributed by atoms with van der Waals surface area (Å²) < 4.78 is 5.45. The number of rotatable bonds is 6. The second-order valence-electron chi connectivity index (χ2n) is 2.89. The number of ether oxygens (including phenoxy) is 1. The van der Waals surface area contributed by atoms with Crippen LogP contribution in [0.4, 0.5) is 0 Å². The Labute approximate surface area is 99.8 Å². The van der Waals surface area contributed by atoms with Crippen molar-refractivity contribution >= 4 is 23.2 Å². The van der Waals surface area contributed by atoms with E-state index < -0.39 is 0 Å². The van der Waals surface area contributed by atoms with Gasteiger partial charge in [-0.3, -0.25) is 0 Å². The van der Waals surface area contributed by atoms with Crippen LogP contribution in [0.1, 0.15) is 0 Å². The third-order valence-corrected chi connectivity index (χ3v) is 2.54. The van der Waals surface area contributed by atoms with Gasteiger partial charge in [0.05, 0.1) is 5.02 Å². The van der Waals surface area contributed by atoms with Crippen LogP contribution < -0.4 is 10.1 Å². The Kier molecular flexibility index (Phi) is 5.54. The third kappa shape index (κ3) is 4.12. The molecular weight excluding hydrogens is 233 g/mol. The summed E-state index contributed by atoms with van der Waals surface area (Å²) >= 11 is 11.8. The maximum absolute atomic E-state index is 5.94. The van der Waals surface area contributed by atoms with Gasteiger partial charge in [0.1, 0.15) is 17.4 Å². The first-order chi connectivity index (χ1) is 7.25. The predicted molar refractivity (Wildman–Crippen MR) is 65.0 cm³/mol. The molecule has 0 saturated carbocycles. The molecule has 0 aliphatic rings. The summed E-state index contributed by atoms with van der Waals surface area (Å²) in [6.07, 6.45) is 1.80. The molecule has 0 aliphatic heterocycles. The summed E-state index contributed by atoms with van der Waals surface area (Å²) in [5.41, 5.74) is 0. The lowest BCUT2D eigenvalue weighted by atomic mass is 10.3. The van der Waals surface area contributed by atoms with Crippen molar-refractivity contribution in [1.29, 1.82) is 0 Å². The number of nitrogens with one attached hydrogen (secondary N) is 1. The smallest absolute Gasteiger partial charge is 0.139 e. The maximum Gasteiger partial charge on any atom is 0.139 e. The average Bonchev–Trinajstić information content (AvgIpc) is 2.24. The van der Waals surface area contributed by atoms with Crippen LogP contribution in [0.25, 0.3) is 0 Å². The lowest BCUT2D eigenvalue weighted by molar-refractivity contribution is 0.316. The van der Waals surface area contributed by atoms with Gasteiger partial charge in [0.2, 0.25) is 0 Å². The monoisotopic (exact) mass is 245 g/mol. The molecule has 0 aromatic heterocycles. The topological polar surface area (TPSA) is 21.3 Å². The third-order valence-electron chi connectivity index (χ3n) is 1.74. The molecule has 1 aromatic carbocycles.